The summed E-state index contributed by atoms with van der Waals surface area (Å²) >= 11 is 0. The van der Waals surface area contributed by atoms with E-state index >= 15 is 0 Å². The summed E-state index contributed by atoms with van der Waals surface area (Å²) in [5, 5.41) is 2.75. The van der Waals surface area contributed by atoms with E-state index in [0.29, 0.717) is 0 Å². The fourth-order valence-electron chi connectivity index (χ4n) is 9.26. The van der Waals surface area contributed by atoms with Gasteiger partial charge >= 0.3 is 0 Å². The van der Waals surface area contributed by atoms with Crippen LogP contribution in [0.3, 0.4) is 0 Å². The van der Waals surface area contributed by atoms with E-state index in [2.05, 4.69) is 126 Å². The second kappa shape index (κ2) is 12.2. The van der Waals surface area contributed by atoms with Crippen LogP contribution in [0, 0.1) is 12.1 Å². The first-order valence-electron chi connectivity index (χ1n) is 17.7. The molecule has 7 aromatic carbocycles. The summed E-state index contributed by atoms with van der Waals surface area (Å²) in [6.45, 7) is 0. The molecule has 2 bridgehead atoms. The van der Waals surface area contributed by atoms with Gasteiger partial charge in [0.1, 0.15) is 0 Å². The molecule has 1 atom stereocenters. The van der Waals surface area contributed by atoms with E-state index in [1.807, 2.05) is 48.5 Å². The maximum absolute atomic E-state index is 5.19. The Bertz CT molecular complexity index is 2630. The Morgan fingerprint density at radius 1 is 0.442 bits per heavy atom. The van der Waals surface area contributed by atoms with Crippen LogP contribution in [0.1, 0.15) is 67.8 Å². The van der Waals surface area contributed by atoms with Crippen molar-refractivity contribution in [1.82, 2.24) is 4.98 Å². The van der Waals surface area contributed by atoms with Gasteiger partial charge in [-0.05, 0) is 78.8 Å². The van der Waals surface area contributed by atoms with Gasteiger partial charge in [0.2, 0.25) is 0 Å². The number of aliphatic imine (C=N–C) groups is 1. The molecule has 8 aromatic rings. The third-order valence-corrected chi connectivity index (χ3v) is 11.3. The number of para-hydroxylation sites is 1. The number of pyridine rings is 1. The van der Waals surface area contributed by atoms with Crippen LogP contribution in [0.15, 0.2) is 169 Å². The molecule has 1 radical (unpaired) electrons. The number of hydrogen-bond donors (Lipinski definition) is 0. The molecule has 4 aliphatic carbocycles. The van der Waals surface area contributed by atoms with Crippen molar-refractivity contribution in [2.24, 2.45) is 4.99 Å². The van der Waals surface area contributed by atoms with E-state index in [4.69, 9.17) is 4.99 Å². The third kappa shape index (κ3) is 4.46. The predicted molar refractivity (Wildman–Crippen MR) is 206 cm³/mol. The molecule has 5 aliphatic rings. The zero-order valence-corrected chi connectivity index (χ0v) is 30.4. The zero-order valence-electron chi connectivity index (χ0n) is 28.0. The molecule has 0 spiro atoms. The van der Waals surface area contributed by atoms with Crippen LogP contribution in [0.4, 0.5) is 5.69 Å². The number of aromatic nitrogens is 1. The Kier molecular flexibility index (Phi) is 7.28. The minimum atomic E-state index is 0. The molecule has 3 heteroatoms. The maximum atomic E-state index is 5.19. The molecule has 1 unspecified atom stereocenters. The molecule has 0 saturated heterocycles. The van der Waals surface area contributed by atoms with Crippen LogP contribution in [0.5, 0.6) is 0 Å². The van der Waals surface area contributed by atoms with E-state index in [9.17, 15) is 0 Å². The summed E-state index contributed by atoms with van der Waals surface area (Å²) in [7, 11) is 0. The van der Waals surface area contributed by atoms with Gasteiger partial charge in [-0.15, -0.1) is 65.7 Å². The molecule has 13 rings (SSSR count). The smallest absolute Gasteiger partial charge is 0.0554 e. The summed E-state index contributed by atoms with van der Waals surface area (Å²) in [5.41, 5.74) is 19.5. The Morgan fingerprint density at radius 3 is 1.83 bits per heavy atom. The number of fused-ring (bicyclic) bond motifs is 10. The first kappa shape index (κ1) is 31.0. The molecule has 0 saturated carbocycles. The van der Waals surface area contributed by atoms with Gasteiger partial charge in [-0.1, -0.05) is 114 Å². The monoisotopic (exact) mass is 839 g/mol. The summed E-state index contributed by atoms with van der Waals surface area (Å²) in [4.78, 5) is 9.41. The zero-order chi connectivity index (χ0) is 33.5. The van der Waals surface area contributed by atoms with Gasteiger partial charge < -0.3 is 4.98 Å². The Labute approximate surface area is 316 Å². The molecule has 247 valence electrons. The molecular weight excluding hydrogens is 809 g/mol. The van der Waals surface area contributed by atoms with Gasteiger partial charge in [-0.2, -0.15) is 0 Å². The van der Waals surface area contributed by atoms with Crippen molar-refractivity contribution < 1.29 is 20.1 Å². The quantitative estimate of drug-likeness (QED) is 0.151. The summed E-state index contributed by atoms with van der Waals surface area (Å²) < 4.78 is 0. The minimum Gasteiger partial charge on any atom is -0.305 e. The maximum Gasteiger partial charge on any atom is 0.0554 e. The minimum absolute atomic E-state index is 0. The SMILES string of the molecule is [Ir].[c-]1cccc2c1C1=Nc3ccccc3C1c1c-2ccc2c3c(ccc12)C1c2ccccc2C3c2ccccc21.[c-]1ccccc1-c1ccccn1. The average Bonchev–Trinajstić information content (AvgIpc) is 3.61. The first-order chi connectivity index (χ1) is 25.3. The van der Waals surface area contributed by atoms with Crippen molar-refractivity contribution in [2.45, 2.75) is 17.8 Å². The van der Waals surface area contributed by atoms with Gasteiger partial charge in [0, 0.05) is 44.1 Å². The van der Waals surface area contributed by atoms with Crippen LogP contribution in [0.25, 0.3) is 33.2 Å². The van der Waals surface area contributed by atoms with Crippen LogP contribution >= 0.6 is 0 Å². The van der Waals surface area contributed by atoms with E-state index in [-0.39, 0.29) is 37.9 Å². The topological polar surface area (TPSA) is 25.2 Å². The Morgan fingerprint density at radius 2 is 1.10 bits per heavy atom. The van der Waals surface area contributed by atoms with Gasteiger partial charge in [-0.25, -0.2) is 0 Å². The third-order valence-electron chi connectivity index (χ3n) is 11.3. The van der Waals surface area contributed by atoms with Crippen molar-refractivity contribution in [2.75, 3.05) is 0 Å². The largest absolute Gasteiger partial charge is 0.305 e. The number of nitrogens with zero attached hydrogens (tertiary/aromatic N) is 2. The van der Waals surface area contributed by atoms with E-state index in [0.717, 1.165) is 28.2 Å². The first-order valence-corrected chi connectivity index (χ1v) is 17.7. The van der Waals surface area contributed by atoms with Crippen LogP contribution in [-0.4, -0.2) is 10.7 Å². The molecule has 1 aromatic heterocycles. The van der Waals surface area contributed by atoms with Crippen molar-refractivity contribution >= 4 is 22.2 Å². The molecule has 0 fully saturated rings. The fourth-order valence-corrected chi connectivity index (χ4v) is 9.26. The molecule has 0 amide bonds. The summed E-state index contributed by atoms with van der Waals surface area (Å²) in [6, 6.07) is 63.2. The standard InChI is InChI=1S/C38H22N.C11H8N.Ir/c1-6-14-29-21(9-1)26-17-18-28-27(35(26)37-30-15-7-8-16-32(30)39-38(29)37)19-20-31-33-22-10-2-4-12-24(22)34(36(28)31)25-13-5-3-11-23(25)33;1-2-6-10(7-3-1)11-8-4-5-9-12-11;/h1-13,15-20,33-34,37H;1-6,8-9H;/q2*-1;. The number of hydrogen-bond acceptors (Lipinski definition) is 2. The van der Waals surface area contributed by atoms with Crippen molar-refractivity contribution in [3.63, 3.8) is 0 Å². The van der Waals surface area contributed by atoms with E-state index in [1.54, 1.807) is 6.20 Å². The van der Waals surface area contributed by atoms with Crippen LogP contribution in [0.2, 0.25) is 0 Å². The van der Waals surface area contributed by atoms with Crippen LogP contribution in [-0.2, 0) is 20.1 Å². The van der Waals surface area contributed by atoms with Gasteiger partial charge in [0.15, 0.2) is 0 Å². The second-order valence-corrected chi connectivity index (χ2v) is 13.8. The van der Waals surface area contributed by atoms with Crippen molar-refractivity contribution in [3.8, 4) is 22.4 Å². The molecule has 2 heterocycles. The molecular formula is C49H30IrN2-2. The Hall–Kier alpha value is -5.73. The normalized spacial score (nSPS) is 17.4. The molecule has 0 N–H and O–H groups in total. The van der Waals surface area contributed by atoms with Gasteiger partial charge in [0.05, 0.1) is 5.69 Å². The van der Waals surface area contributed by atoms with Crippen molar-refractivity contribution in [3.05, 3.63) is 226 Å². The average molecular weight is 839 g/mol. The summed E-state index contributed by atoms with van der Waals surface area (Å²) in [5.74, 6) is 0.675. The number of benzene rings is 7. The molecule has 2 nitrogen and oxygen atoms in total. The molecule has 52 heavy (non-hydrogen) atoms. The van der Waals surface area contributed by atoms with E-state index < -0.39 is 0 Å². The van der Waals surface area contributed by atoms with Gasteiger partial charge in [-0.3, -0.25) is 4.99 Å². The second-order valence-electron chi connectivity index (χ2n) is 13.8. The van der Waals surface area contributed by atoms with Crippen molar-refractivity contribution in [1.29, 1.82) is 0 Å². The van der Waals surface area contributed by atoms with Gasteiger partial charge in [0.25, 0.3) is 0 Å². The van der Waals surface area contributed by atoms with E-state index in [1.165, 1.54) is 66.4 Å². The van der Waals surface area contributed by atoms with Crippen LogP contribution < -0.4 is 0 Å². The number of rotatable bonds is 1. The predicted octanol–water partition coefficient (Wildman–Crippen LogP) is 11.4. The fraction of sp³-hybridized carbons (Fsp3) is 0.0612. The summed E-state index contributed by atoms with van der Waals surface area (Å²) in [6.07, 6.45) is 1.79. The Balaban J connectivity index is 0.000000223. The molecule has 1 aliphatic heterocycles.